The maximum Gasteiger partial charge on any atom is 0.312 e. The summed E-state index contributed by atoms with van der Waals surface area (Å²) in [4.78, 5) is 10.6. The Morgan fingerprint density at radius 1 is 1.19 bits per heavy atom. The molecule has 0 saturated carbocycles. The first-order valence-electron chi connectivity index (χ1n) is 8.24. The van der Waals surface area contributed by atoms with Crippen molar-refractivity contribution in [3.05, 3.63) is 63.7 Å². The van der Waals surface area contributed by atoms with Crippen LogP contribution < -0.4 is 4.74 Å². The van der Waals surface area contributed by atoms with Gasteiger partial charge in [-0.05, 0) is 18.2 Å². The van der Waals surface area contributed by atoms with Crippen molar-refractivity contribution in [2.45, 2.75) is 25.3 Å². The molecule has 0 bridgehead atoms. The van der Waals surface area contributed by atoms with Crippen LogP contribution in [0.15, 0.2) is 47.4 Å². The molecule has 0 saturated heterocycles. The average Bonchev–Trinajstić information content (AvgIpc) is 2.67. The molecule has 0 aliphatic heterocycles. The van der Waals surface area contributed by atoms with E-state index in [1.807, 2.05) is 6.07 Å². The smallest absolute Gasteiger partial charge is 0.312 e. The molecule has 0 atom stereocenters. The van der Waals surface area contributed by atoms with Crippen LogP contribution in [-0.4, -0.2) is 30.7 Å². The monoisotopic (exact) mass is 389 g/mol. The molecule has 0 radical (unpaired) electrons. The fourth-order valence-electron chi connectivity index (χ4n) is 2.55. The van der Waals surface area contributed by atoms with Crippen molar-refractivity contribution in [2.24, 2.45) is 0 Å². The summed E-state index contributed by atoms with van der Waals surface area (Å²) in [6, 6.07) is 12.3. The molecule has 2 rings (SSSR count). The van der Waals surface area contributed by atoms with Crippen molar-refractivity contribution in [1.82, 2.24) is 4.31 Å². The molecule has 0 N–H and O–H groups in total. The van der Waals surface area contributed by atoms with Crippen LogP contribution in [0, 0.1) is 21.4 Å². The maximum absolute atomic E-state index is 12.6. The van der Waals surface area contributed by atoms with Crippen molar-refractivity contribution in [3.63, 3.8) is 0 Å². The molecule has 0 aromatic heterocycles. The van der Waals surface area contributed by atoms with Gasteiger partial charge in [-0.15, -0.1) is 0 Å². The Morgan fingerprint density at radius 3 is 2.44 bits per heavy atom. The van der Waals surface area contributed by atoms with Crippen molar-refractivity contribution >= 4 is 15.7 Å². The van der Waals surface area contributed by atoms with Gasteiger partial charge in [-0.25, -0.2) is 8.42 Å². The first-order valence-corrected chi connectivity index (χ1v) is 9.68. The molecule has 0 unspecified atom stereocenters. The van der Waals surface area contributed by atoms with Crippen LogP contribution in [0.25, 0.3) is 0 Å². The maximum atomic E-state index is 12.6. The zero-order valence-electron chi connectivity index (χ0n) is 15.0. The quantitative estimate of drug-likeness (QED) is 0.506. The molecule has 142 valence electrons. The summed E-state index contributed by atoms with van der Waals surface area (Å²) < 4.78 is 31.9. The van der Waals surface area contributed by atoms with E-state index in [1.165, 1.54) is 16.4 Å². The number of nitro groups is 1. The first kappa shape index (κ1) is 20.4. The number of hydrogen-bond acceptors (Lipinski definition) is 6. The van der Waals surface area contributed by atoms with Crippen LogP contribution in [0.3, 0.4) is 0 Å². The number of sulfonamides is 1. The molecule has 2 aromatic carbocycles. The van der Waals surface area contributed by atoms with Gasteiger partial charge >= 0.3 is 5.69 Å². The summed E-state index contributed by atoms with van der Waals surface area (Å²) in [6.45, 7) is 3.86. The number of rotatable bonds is 8. The summed E-state index contributed by atoms with van der Waals surface area (Å²) in [5, 5.41) is 20.5. The highest BCUT2D eigenvalue weighted by atomic mass is 32.2. The van der Waals surface area contributed by atoms with E-state index >= 15 is 0 Å². The third-order valence-corrected chi connectivity index (χ3v) is 6.04. The van der Waals surface area contributed by atoms with Gasteiger partial charge in [0.05, 0.1) is 21.5 Å². The minimum absolute atomic E-state index is 0.0489. The van der Waals surface area contributed by atoms with E-state index in [9.17, 15) is 18.5 Å². The van der Waals surface area contributed by atoms with Gasteiger partial charge in [0.2, 0.25) is 10.0 Å². The van der Waals surface area contributed by atoms with Crippen LogP contribution in [0.5, 0.6) is 5.75 Å². The molecule has 27 heavy (non-hydrogen) atoms. The number of benzene rings is 2. The summed E-state index contributed by atoms with van der Waals surface area (Å²) in [6.07, 6.45) is 0. The van der Waals surface area contributed by atoms with Crippen molar-refractivity contribution in [1.29, 1.82) is 5.26 Å². The van der Waals surface area contributed by atoms with E-state index < -0.39 is 20.6 Å². The molecule has 0 aliphatic carbocycles. The second kappa shape index (κ2) is 8.62. The van der Waals surface area contributed by atoms with Gasteiger partial charge in [-0.3, -0.25) is 10.1 Å². The van der Waals surface area contributed by atoms with Crippen LogP contribution in [-0.2, 0) is 16.6 Å². The number of hydrogen-bond donors (Lipinski definition) is 0. The second-order valence-electron chi connectivity index (χ2n) is 5.53. The van der Waals surface area contributed by atoms with Crippen LogP contribution >= 0.6 is 0 Å². The molecule has 0 aliphatic rings. The molecule has 0 heterocycles. The SMILES string of the molecule is CCN(CC)S(=O)(=O)c1ccc(OCc2ccccc2C#N)c([N+](=O)[O-])c1. The fourth-order valence-corrected chi connectivity index (χ4v) is 4.02. The van der Waals surface area contributed by atoms with Gasteiger partial charge in [0, 0.05) is 24.7 Å². The fraction of sp³-hybridized carbons (Fsp3) is 0.278. The molecular weight excluding hydrogens is 370 g/mol. The molecule has 0 fully saturated rings. The molecule has 8 nitrogen and oxygen atoms in total. The Labute approximate surface area is 157 Å². The number of ether oxygens (including phenoxy) is 1. The summed E-state index contributed by atoms with van der Waals surface area (Å²) in [7, 11) is -3.82. The van der Waals surface area contributed by atoms with Crippen LogP contribution in [0.4, 0.5) is 5.69 Å². The van der Waals surface area contributed by atoms with E-state index in [0.29, 0.717) is 11.1 Å². The van der Waals surface area contributed by atoms with E-state index in [-0.39, 0.29) is 30.3 Å². The lowest BCUT2D eigenvalue weighted by Gasteiger charge is -2.18. The number of nitrogens with zero attached hydrogens (tertiary/aromatic N) is 3. The van der Waals surface area contributed by atoms with Crippen LogP contribution in [0.1, 0.15) is 25.0 Å². The third kappa shape index (κ3) is 4.42. The first-order chi connectivity index (χ1) is 12.8. The average molecular weight is 389 g/mol. The predicted molar refractivity (Wildman–Crippen MR) is 98.7 cm³/mol. The van der Waals surface area contributed by atoms with E-state index in [4.69, 9.17) is 10.00 Å². The Bertz CT molecular complexity index is 979. The topological polar surface area (TPSA) is 114 Å². The minimum atomic E-state index is -3.82. The van der Waals surface area contributed by atoms with E-state index in [2.05, 4.69) is 0 Å². The largest absolute Gasteiger partial charge is 0.482 e. The molecule has 0 amide bonds. The highest BCUT2D eigenvalue weighted by Gasteiger charge is 2.26. The minimum Gasteiger partial charge on any atom is -0.482 e. The summed E-state index contributed by atoms with van der Waals surface area (Å²) >= 11 is 0. The highest BCUT2D eigenvalue weighted by Crippen LogP contribution is 2.31. The lowest BCUT2D eigenvalue weighted by molar-refractivity contribution is -0.386. The molecule has 2 aromatic rings. The van der Waals surface area contributed by atoms with Gasteiger partial charge in [-0.1, -0.05) is 32.0 Å². The summed E-state index contributed by atoms with van der Waals surface area (Å²) in [5.41, 5.74) is 0.535. The van der Waals surface area contributed by atoms with Gasteiger partial charge in [0.25, 0.3) is 0 Å². The predicted octanol–water partition coefficient (Wildman–Crippen LogP) is 3.08. The van der Waals surface area contributed by atoms with Gasteiger partial charge < -0.3 is 4.74 Å². The van der Waals surface area contributed by atoms with Crippen molar-refractivity contribution in [2.75, 3.05) is 13.1 Å². The Morgan fingerprint density at radius 2 is 1.85 bits per heavy atom. The Kier molecular flexibility index (Phi) is 6.50. The number of nitro benzene ring substituents is 1. The van der Waals surface area contributed by atoms with Gasteiger partial charge in [-0.2, -0.15) is 9.57 Å². The highest BCUT2D eigenvalue weighted by molar-refractivity contribution is 7.89. The molecule has 9 heteroatoms. The van der Waals surface area contributed by atoms with Crippen molar-refractivity contribution < 1.29 is 18.1 Å². The Hall–Kier alpha value is -2.96. The van der Waals surface area contributed by atoms with Crippen LogP contribution in [0.2, 0.25) is 0 Å². The lowest BCUT2D eigenvalue weighted by Crippen LogP contribution is -2.30. The van der Waals surface area contributed by atoms with E-state index in [1.54, 1.807) is 38.1 Å². The van der Waals surface area contributed by atoms with Gasteiger partial charge in [0.1, 0.15) is 6.61 Å². The second-order valence-corrected chi connectivity index (χ2v) is 7.47. The lowest BCUT2D eigenvalue weighted by atomic mass is 10.1. The molecule has 0 spiro atoms. The van der Waals surface area contributed by atoms with E-state index in [0.717, 1.165) is 6.07 Å². The zero-order valence-corrected chi connectivity index (χ0v) is 15.8. The Balaban J connectivity index is 2.37. The number of nitriles is 1. The van der Waals surface area contributed by atoms with Crippen molar-refractivity contribution in [3.8, 4) is 11.8 Å². The standard InChI is InChI=1S/C18H19N3O5S/c1-3-20(4-2)27(24,25)16-9-10-18(17(11-16)21(22)23)26-13-15-8-6-5-7-14(15)12-19/h5-11H,3-4,13H2,1-2H3. The normalized spacial score (nSPS) is 11.2. The summed E-state index contributed by atoms with van der Waals surface area (Å²) in [5.74, 6) is -0.0637. The third-order valence-electron chi connectivity index (χ3n) is 3.99. The molecular formula is C18H19N3O5S. The van der Waals surface area contributed by atoms with Gasteiger partial charge in [0.15, 0.2) is 5.75 Å². The zero-order chi connectivity index (χ0) is 20.0.